The first-order valence-electron chi connectivity index (χ1n) is 8.50. The Morgan fingerprint density at radius 1 is 1.31 bits per heavy atom. The summed E-state index contributed by atoms with van der Waals surface area (Å²) in [5.74, 6) is 1.04. The number of anilines is 1. The Labute approximate surface area is 155 Å². The molecule has 138 valence electrons. The quantitative estimate of drug-likeness (QED) is 0.829. The van der Waals surface area contributed by atoms with Crippen LogP contribution < -0.4 is 5.32 Å². The lowest BCUT2D eigenvalue weighted by atomic mass is 10.1. The molecule has 2 aromatic rings. The summed E-state index contributed by atoms with van der Waals surface area (Å²) in [5.41, 5.74) is 1.19. The number of aromatic nitrogens is 4. The highest BCUT2D eigenvalue weighted by Gasteiger charge is 2.31. The summed E-state index contributed by atoms with van der Waals surface area (Å²) < 4.78 is 24.6. The van der Waals surface area contributed by atoms with Crippen LogP contribution in [0.3, 0.4) is 0 Å². The zero-order valence-electron chi connectivity index (χ0n) is 13.9. The Kier molecular flexibility index (Phi) is 4.44. The number of hydrogen-bond acceptors (Lipinski definition) is 6. The molecule has 2 heterocycles. The Bertz CT molecular complexity index is 955. The van der Waals surface area contributed by atoms with Crippen molar-refractivity contribution in [3.8, 4) is 5.69 Å². The summed E-state index contributed by atoms with van der Waals surface area (Å²) in [6.07, 6.45) is 2.84. The van der Waals surface area contributed by atoms with E-state index in [1.165, 1.54) is 0 Å². The minimum absolute atomic E-state index is 0.0850. The molecule has 2 fully saturated rings. The number of nitrogens with one attached hydrogen (secondary N) is 1. The summed E-state index contributed by atoms with van der Waals surface area (Å²) in [4.78, 5) is 12.3. The van der Waals surface area contributed by atoms with Gasteiger partial charge in [-0.25, -0.2) is 8.42 Å². The predicted octanol–water partition coefficient (Wildman–Crippen LogP) is 1.96. The smallest absolute Gasteiger partial charge is 0.224 e. The average Bonchev–Trinajstić information content (AvgIpc) is 3.21. The van der Waals surface area contributed by atoms with E-state index in [9.17, 15) is 13.2 Å². The molecule has 0 spiro atoms. The van der Waals surface area contributed by atoms with Gasteiger partial charge in [0.15, 0.2) is 15.7 Å². The van der Waals surface area contributed by atoms with Crippen molar-refractivity contribution in [2.24, 2.45) is 5.92 Å². The second kappa shape index (κ2) is 6.62. The average molecular weight is 396 g/mol. The third-order valence-electron chi connectivity index (χ3n) is 4.70. The van der Waals surface area contributed by atoms with Crippen molar-refractivity contribution in [3.63, 3.8) is 0 Å². The van der Waals surface area contributed by atoms with Crippen LogP contribution in [0.5, 0.6) is 0 Å². The molecule has 0 bridgehead atoms. The van der Waals surface area contributed by atoms with E-state index in [2.05, 4.69) is 20.8 Å². The van der Waals surface area contributed by atoms with Gasteiger partial charge in [0.25, 0.3) is 0 Å². The molecule has 1 saturated heterocycles. The first kappa shape index (κ1) is 17.4. The second-order valence-electron chi connectivity index (χ2n) is 6.91. The third-order valence-corrected chi connectivity index (χ3v) is 6.85. The lowest BCUT2D eigenvalue weighted by molar-refractivity contribution is -0.116. The van der Waals surface area contributed by atoms with Crippen LogP contribution in [0, 0.1) is 5.92 Å². The zero-order valence-corrected chi connectivity index (χ0v) is 15.5. The summed E-state index contributed by atoms with van der Waals surface area (Å²) >= 11 is 6.29. The van der Waals surface area contributed by atoms with Crippen molar-refractivity contribution in [1.29, 1.82) is 0 Å². The van der Waals surface area contributed by atoms with Crippen LogP contribution in [0.1, 0.15) is 37.4 Å². The van der Waals surface area contributed by atoms with Crippen molar-refractivity contribution in [2.75, 3.05) is 16.8 Å². The molecule has 1 atom stereocenters. The van der Waals surface area contributed by atoms with Crippen LogP contribution in [0.2, 0.25) is 5.02 Å². The lowest BCUT2D eigenvalue weighted by Gasteiger charge is -2.11. The maximum absolute atomic E-state index is 12.3. The maximum atomic E-state index is 12.3. The summed E-state index contributed by atoms with van der Waals surface area (Å²) in [5, 5.41) is 15.1. The van der Waals surface area contributed by atoms with E-state index in [1.807, 2.05) is 0 Å². The van der Waals surface area contributed by atoms with Crippen molar-refractivity contribution in [2.45, 2.75) is 31.6 Å². The van der Waals surface area contributed by atoms with Crippen molar-refractivity contribution < 1.29 is 13.2 Å². The zero-order chi connectivity index (χ0) is 18.3. The van der Waals surface area contributed by atoms with Gasteiger partial charge in [0.05, 0.1) is 22.2 Å². The highest BCUT2D eigenvalue weighted by atomic mass is 35.5. The number of tetrazole rings is 1. The second-order valence-corrected chi connectivity index (χ2v) is 9.55. The number of carbonyl (C=O) groups is 1. The highest BCUT2D eigenvalue weighted by molar-refractivity contribution is 7.91. The molecular formula is C16H18ClN5O3S. The third kappa shape index (κ3) is 3.73. The summed E-state index contributed by atoms with van der Waals surface area (Å²) in [6.45, 7) is 0. The summed E-state index contributed by atoms with van der Waals surface area (Å²) in [7, 11) is -2.99. The summed E-state index contributed by atoms with van der Waals surface area (Å²) in [6, 6.07) is 5.12. The first-order chi connectivity index (χ1) is 12.4. The Morgan fingerprint density at radius 2 is 2.12 bits per heavy atom. The van der Waals surface area contributed by atoms with Gasteiger partial charge in [-0.15, -0.1) is 5.10 Å². The van der Waals surface area contributed by atoms with Gasteiger partial charge in [-0.1, -0.05) is 11.6 Å². The van der Waals surface area contributed by atoms with Crippen LogP contribution in [0.25, 0.3) is 5.69 Å². The number of sulfone groups is 1. The topological polar surface area (TPSA) is 107 Å². The lowest BCUT2D eigenvalue weighted by Crippen LogP contribution is -2.17. The van der Waals surface area contributed by atoms with Gasteiger partial charge in [0.1, 0.15) is 0 Å². The molecule has 1 aliphatic carbocycles. The molecule has 2 aliphatic rings. The SMILES string of the molecule is O=C(CC1CCS(=O)(=O)C1)Nc1ccc(Cl)c(-n2nnnc2C2CC2)c1. The van der Waals surface area contributed by atoms with Gasteiger partial charge >= 0.3 is 0 Å². The standard InChI is InChI=1S/C16H18ClN5O3S/c17-13-4-3-12(18-15(23)7-10-5-6-26(24,25)9-10)8-14(13)22-16(11-1-2-11)19-20-21-22/h3-4,8,10-11H,1-2,5-7,9H2,(H,18,23). The Morgan fingerprint density at radius 3 is 2.81 bits per heavy atom. The fourth-order valence-electron chi connectivity index (χ4n) is 3.22. The molecule has 8 nitrogen and oxygen atoms in total. The molecule has 1 unspecified atom stereocenters. The van der Waals surface area contributed by atoms with Crippen molar-refractivity contribution in [3.05, 3.63) is 29.0 Å². The van der Waals surface area contributed by atoms with Crippen LogP contribution in [0.15, 0.2) is 18.2 Å². The molecule has 0 radical (unpaired) electrons. The fourth-order valence-corrected chi connectivity index (χ4v) is 5.28. The number of nitrogens with zero attached hydrogens (tertiary/aromatic N) is 4. The van der Waals surface area contributed by atoms with E-state index in [0.717, 1.165) is 18.7 Å². The van der Waals surface area contributed by atoms with Crippen molar-refractivity contribution >= 4 is 33.0 Å². The highest BCUT2D eigenvalue weighted by Crippen LogP contribution is 2.40. The van der Waals surface area contributed by atoms with Crippen LogP contribution >= 0.6 is 11.6 Å². The Hall–Kier alpha value is -2.00. The van der Waals surface area contributed by atoms with E-state index in [1.54, 1.807) is 22.9 Å². The van der Waals surface area contributed by atoms with E-state index in [4.69, 9.17) is 11.6 Å². The van der Waals surface area contributed by atoms with Crippen LogP contribution in [0.4, 0.5) is 5.69 Å². The molecule has 1 saturated carbocycles. The molecule has 26 heavy (non-hydrogen) atoms. The molecule has 1 N–H and O–H groups in total. The normalized spacial score (nSPS) is 21.7. The molecule has 1 aromatic heterocycles. The van der Waals surface area contributed by atoms with E-state index >= 15 is 0 Å². The van der Waals surface area contributed by atoms with Gasteiger partial charge in [-0.3, -0.25) is 4.79 Å². The number of carbonyl (C=O) groups excluding carboxylic acids is 1. The number of hydrogen-bond donors (Lipinski definition) is 1. The maximum Gasteiger partial charge on any atom is 0.224 e. The van der Waals surface area contributed by atoms with Gasteiger partial charge in [0.2, 0.25) is 5.91 Å². The predicted molar refractivity (Wildman–Crippen MR) is 96.1 cm³/mol. The van der Waals surface area contributed by atoms with E-state index in [0.29, 0.717) is 28.7 Å². The first-order valence-corrected chi connectivity index (χ1v) is 10.7. The van der Waals surface area contributed by atoms with Crippen molar-refractivity contribution in [1.82, 2.24) is 20.2 Å². The van der Waals surface area contributed by atoms with Gasteiger partial charge in [-0.05, 0) is 53.8 Å². The number of benzene rings is 1. The number of amides is 1. The van der Waals surface area contributed by atoms with Crippen LogP contribution in [-0.4, -0.2) is 46.0 Å². The molecular weight excluding hydrogens is 378 g/mol. The largest absolute Gasteiger partial charge is 0.326 e. The molecule has 4 rings (SSSR count). The fraction of sp³-hybridized carbons (Fsp3) is 0.500. The van der Waals surface area contributed by atoms with E-state index in [-0.39, 0.29) is 29.8 Å². The van der Waals surface area contributed by atoms with Gasteiger partial charge < -0.3 is 5.32 Å². The minimum atomic E-state index is -2.99. The van der Waals surface area contributed by atoms with E-state index < -0.39 is 9.84 Å². The monoisotopic (exact) mass is 395 g/mol. The number of halogens is 1. The van der Waals surface area contributed by atoms with Crippen LogP contribution in [-0.2, 0) is 14.6 Å². The Balaban J connectivity index is 1.49. The number of rotatable bonds is 5. The molecule has 1 amide bonds. The van der Waals surface area contributed by atoms with Gasteiger partial charge in [-0.2, -0.15) is 4.68 Å². The minimum Gasteiger partial charge on any atom is -0.326 e. The van der Waals surface area contributed by atoms with Gasteiger partial charge in [0, 0.05) is 18.0 Å². The molecule has 10 heteroatoms. The molecule has 1 aromatic carbocycles. The molecule has 1 aliphatic heterocycles.